The molecule has 2 aromatic carbocycles. The smallest absolute Gasteiger partial charge is 0.440 e. The number of halogens is 3. The van der Waals surface area contributed by atoms with Crippen LogP contribution in [0.5, 0.6) is 0 Å². The van der Waals surface area contributed by atoms with Gasteiger partial charge in [-0.25, -0.2) is 9.59 Å². The van der Waals surface area contributed by atoms with Crippen LogP contribution in [0.1, 0.15) is 12.5 Å². The molecule has 1 N–H and O–H groups in total. The summed E-state index contributed by atoms with van der Waals surface area (Å²) in [6, 6.07) is 10.9. The summed E-state index contributed by atoms with van der Waals surface area (Å²) in [5.41, 5.74) is -1.25. The number of aromatic nitrogens is 1. The van der Waals surface area contributed by atoms with E-state index < -0.39 is 35.7 Å². The van der Waals surface area contributed by atoms with Crippen LogP contribution in [0.2, 0.25) is 0 Å². The number of fused-ring (bicyclic) bond motifs is 1. The molecule has 34 heavy (non-hydrogen) atoms. The van der Waals surface area contributed by atoms with Gasteiger partial charge in [-0.2, -0.15) is 13.2 Å². The van der Waals surface area contributed by atoms with Gasteiger partial charge in [-0.3, -0.25) is 9.69 Å². The molecule has 1 amide bonds. The quantitative estimate of drug-likeness (QED) is 0.536. The maximum Gasteiger partial charge on any atom is 0.508 e. The molecule has 0 bridgehead atoms. The van der Waals surface area contributed by atoms with Crippen LogP contribution in [0.15, 0.2) is 53.3 Å². The molecule has 1 atom stereocenters. The largest absolute Gasteiger partial charge is 0.508 e. The number of nitrogens with zero attached hydrogens (tertiary/aromatic N) is 1. The third kappa shape index (κ3) is 4.68. The molecular formula is C23H19F3N2O6. The Morgan fingerprint density at radius 3 is 2.65 bits per heavy atom. The van der Waals surface area contributed by atoms with E-state index in [0.717, 1.165) is 6.07 Å². The highest BCUT2D eigenvalue weighted by Gasteiger charge is 2.35. The lowest BCUT2D eigenvalue weighted by atomic mass is 10.0. The summed E-state index contributed by atoms with van der Waals surface area (Å²) in [6.45, 7) is 1.64. The summed E-state index contributed by atoms with van der Waals surface area (Å²) >= 11 is 0. The number of pyridine rings is 1. The minimum absolute atomic E-state index is 0.0231. The summed E-state index contributed by atoms with van der Waals surface area (Å²) in [4.78, 5) is 40.1. The molecule has 11 heteroatoms. The van der Waals surface area contributed by atoms with E-state index in [1.807, 2.05) is 0 Å². The van der Waals surface area contributed by atoms with Gasteiger partial charge in [-0.15, -0.1) is 0 Å². The maximum absolute atomic E-state index is 13.4. The van der Waals surface area contributed by atoms with Crippen molar-refractivity contribution in [3.63, 3.8) is 0 Å². The van der Waals surface area contributed by atoms with E-state index in [4.69, 9.17) is 9.47 Å². The molecule has 1 aliphatic rings. The minimum atomic E-state index is -4.59. The first-order valence-electron chi connectivity index (χ1n) is 10.3. The van der Waals surface area contributed by atoms with Gasteiger partial charge in [0.1, 0.15) is 6.61 Å². The molecule has 8 nitrogen and oxygen atoms in total. The average molecular weight is 476 g/mol. The minimum Gasteiger partial charge on any atom is -0.440 e. The molecule has 0 radical (unpaired) electrons. The number of carbonyl (C=O) groups excluding carboxylic acids is 2. The summed E-state index contributed by atoms with van der Waals surface area (Å²) in [5.74, 6) is 0. The first kappa shape index (κ1) is 23.1. The Morgan fingerprint density at radius 2 is 1.91 bits per heavy atom. The van der Waals surface area contributed by atoms with Crippen LogP contribution in [0.3, 0.4) is 0 Å². The summed E-state index contributed by atoms with van der Waals surface area (Å²) in [7, 11) is 0. The number of hydrogen-bond acceptors (Lipinski definition) is 6. The van der Waals surface area contributed by atoms with Crippen molar-refractivity contribution >= 4 is 28.7 Å². The van der Waals surface area contributed by atoms with Crippen molar-refractivity contribution in [1.82, 2.24) is 4.98 Å². The Kier molecular flexibility index (Phi) is 6.18. The molecule has 0 spiro atoms. The second kappa shape index (κ2) is 9.08. The lowest BCUT2D eigenvalue weighted by Gasteiger charge is -2.15. The molecule has 1 saturated heterocycles. The number of hydrogen-bond donors (Lipinski definition) is 1. The van der Waals surface area contributed by atoms with Gasteiger partial charge in [-0.1, -0.05) is 24.3 Å². The lowest BCUT2D eigenvalue weighted by Crippen LogP contribution is -2.26. The fourth-order valence-electron chi connectivity index (χ4n) is 3.67. The topological polar surface area (TPSA) is 97.9 Å². The van der Waals surface area contributed by atoms with Crippen LogP contribution in [-0.2, 0) is 20.4 Å². The highest BCUT2D eigenvalue weighted by atomic mass is 19.4. The lowest BCUT2D eigenvalue weighted by molar-refractivity contribution is -0.137. The van der Waals surface area contributed by atoms with Crippen molar-refractivity contribution < 1.29 is 37.0 Å². The standard InChI is InChI=1S/C23H19F3N2O6/c1-2-32-22(31)33-12-15-11-28(21(30)34-15)14-8-7-13-9-19(27-20(29)17(13)10-14)16-5-3-4-6-18(16)23(24,25)26/h3-10,15H,2,11-12H2,1H3,(H,27,29)/t15-/m1/s1. The number of amides is 1. The predicted octanol–water partition coefficient (Wildman–Crippen LogP) is 4.71. The Labute approximate surface area is 190 Å². The van der Waals surface area contributed by atoms with E-state index in [1.54, 1.807) is 13.0 Å². The Bertz CT molecular complexity index is 1300. The molecule has 2 heterocycles. The van der Waals surface area contributed by atoms with Crippen molar-refractivity contribution in [1.29, 1.82) is 0 Å². The monoisotopic (exact) mass is 476 g/mol. The first-order chi connectivity index (χ1) is 16.2. The van der Waals surface area contributed by atoms with Gasteiger partial charge < -0.3 is 19.2 Å². The van der Waals surface area contributed by atoms with Gasteiger partial charge in [0.15, 0.2) is 6.10 Å². The molecule has 0 unspecified atom stereocenters. The Hall–Kier alpha value is -4.02. The van der Waals surface area contributed by atoms with Crippen molar-refractivity contribution in [2.45, 2.75) is 19.2 Å². The van der Waals surface area contributed by atoms with Crippen molar-refractivity contribution in [2.75, 3.05) is 24.7 Å². The number of aromatic amines is 1. The predicted molar refractivity (Wildman–Crippen MR) is 116 cm³/mol. The molecule has 1 aromatic heterocycles. The number of rotatable bonds is 5. The number of cyclic esters (lactones) is 1. The van der Waals surface area contributed by atoms with Gasteiger partial charge in [0, 0.05) is 22.3 Å². The zero-order valence-electron chi connectivity index (χ0n) is 17.8. The molecule has 3 aromatic rings. The summed E-state index contributed by atoms with van der Waals surface area (Å²) in [6.07, 6.45) is -6.89. The number of carbonyl (C=O) groups is 2. The first-order valence-corrected chi connectivity index (χ1v) is 10.3. The fourth-order valence-corrected chi connectivity index (χ4v) is 3.67. The van der Waals surface area contributed by atoms with Gasteiger partial charge in [0.05, 0.1) is 18.7 Å². The summed E-state index contributed by atoms with van der Waals surface area (Å²) in [5, 5.41) is 0.582. The third-order valence-corrected chi connectivity index (χ3v) is 5.19. The van der Waals surface area contributed by atoms with Crippen LogP contribution in [0.4, 0.5) is 28.4 Å². The molecule has 4 rings (SSSR count). The highest BCUT2D eigenvalue weighted by Crippen LogP contribution is 2.36. The second-order valence-corrected chi connectivity index (χ2v) is 7.44. The molecule has 0 saturated carbocycles. The van der Waals surface area contributed by atoms with Gasteiger partial charge in [0.25, 0.3) is 5.56 Å². The van der Waals surface area contributed by atoms with Gasteiger partial charge in [-0.05, 0) is 36.6 Å². The van der Waals surface area contributed by atoms with Crippen molar-refractivity contribution in [2.24, 2.45) is 0 Å². The zero-order chi connectivity index (χ0) is 24.5. The number of H-pyrrole nitrogens is 1. The van der Waals surface area contributed by atoms with Crippen molar-refractivity contribution in [3.8, 4) is 11.3 Å². The maximum atomic E-state index is 13.4. The van der Waals surface area contributed by atoms with Gasteiger partial charge >= 0.3 is 18.4 Å². The normalized spacial score (nSPS) is 15.9. The van der Waals surface area contributed by atoms with Crippen LogP contribution in [0, 0.1) is 0 Å². The third-order valence-electron chi connectivity index (χ3n) is 5.19. The van der Waals surface area contributed by atoms with Gasteiger partial charge in [0.2, 0.25) is 0 Å². The fraction of sp³-hybridized carbons (Fsp3) is 0.261. The van der Waals surface area contributed by atoms with Crippen LogP contribution in [0.25, 0.3) is 22.0 Å². The molecule has 1 aliphatic heterocycles. The van der Waals surface area contributed by atoms with E-state index >= 15 is 0 Å². The van der Waals surface area contributed by atoms with Crippen LogP contribution < -0.4 is 10.5 Å². The number of nitrogens with one attached hydrogen (secondary N) is 1. The highest BCUT2D eigenvalue weighted by molar-refractivity contribution is 5.94. The Morgan fingerprint density at radius 1 is 1.15 bits per heavy atom. The molecule has 178 valence electrons. The summed E-state index contributed by atoms with van der Waals surface area (Å²) < 4.78 is 54.9. The number of ether oxygens (including phenoxy) is 3. The second-order valence-electron chi connectivity index (χ2n) is 7.44. The molecule has 1 fully saturated rings. The number of alkyl halides is 3. The van der Waals surface area contributed by atoms with Crippen LogP contribution in [-0.4, -0.2) is 43.1 Å². The number of benzene rings is 2. The molecule has 0 aliphatic carbocycles. The SMILES string of the molecule is CCOC(=O)OC[C@H]1CN(c2ccc3cc(-c4ccccc4C(F)(F)F)[nH]c(=O)c3c2)C(=O)O1. The average Bonchev–Trinajstić information content (AvgIpc) is 3.17. The van der Waals surface area contributed by atoms with E-state index in [1.165, 1.54) is 41.3 Å². The Balaban J connectivity index is 1.61. The molecular weight excluding hydrogens is 457 g/mol. The van der Waals surface area contributed by atoms with Crippen molar-refractivity contribution in [3.05, 3.63) is 64.4 Å². The number of anilines is 1. The van der Waals surface area contributed by atoms with E-state index in [9.17, 15) is 27.6 Å². The van der Waals surface area contributed by atoms with E-state index in [0.29, 0.717) is 11.1 Å². The van der Waals surface area contributed by atoms with E-state index in [-0.39, 0.29) is 36.4 Å². The van der Waals surface area contributed by atoms with Crippen LogP contribution >= 0.6 is 0 Å². The van der Waals surface area contributed by atoms with E-state index in [2.05, 4.69) is 9.72 Å². The zero-order valence-corrected chi connectivity index (χ0v) is 17.8.